The van der Waals surface area contributed by atoms with Crippen LogP contribution in [0.3, 0.4) is 0 Å². The lowest BCUT2D eigenvalue weighted by atomic mass is 10.4. The number of carbonyl (C=O) groups excluding carboxylic acids is 2. The molecule has 0 aromatic heterocycles. The van der Waals surface area contributed by atoms with E-state index >= 15 is 0 Å². The average molecular weight is 171 g/mol. The predicted molar refractivity (Wildman–Crippen MR) is 42.1 cm³/mol. The second kappa shape index (κ2) is 5.35. The number of carbonyl (C=O) groups is 2. The third-order valence-corrected chi connectivity index (χ3v) is 0.984. The normalized spacial score (nSPS) is 11.5. The summed E-state index contributed by atoms with van der Waals surface area (Å²) < 4.78 is 9.04. The number of hydrogen-bond acceptors (Lipinski definition) is 4. The van der Waals surface area contributed by atoms with Crippen molar-refractivity contribution in [1.82, 2.24) is 0 Å². The van der Waals surface area contributed by atoms with E-state index in [1.807, 2.05) is 0 Å². The van der Waals surface area contributed by atoms with Gasteiger partial charge in [-0.3, -0.25) is 4.79 Å². The highest BCUT2D eigenvalue weighted by atomic mass is 16.6. The number of hydrogen-bond donors (Lipinski definition) is 0. The van der Waals surface area contributed by atoms with Gasteiger partial charge in [-0.1, -0.05) is 12.7 Å². The van der Waals surface area contributed by atoms with Crippen LogP contribution in [0.25, 0.3) is 0 Å². The summed E-state index contributed by atoms with van der Waals surface area (Å²) >= 11 is 0. The molecule has 0 saturated carbocycles. The fraction of sp³-hybridized carbons (Fsp3) is 0.375. The summed E-state index contributed by atoms with van der Waals surface area (Å²) in [6.07, 6.45) is 0.520. The van der Waals surface area contributed by atoms with Gasteiger partial charge in [-0.2, -0.15) is 0 Å². The molecule has 0 saturated heterocycles. The second-order valence-corrected chi connectivity index (χ2v) is 2.05. The summed E-state index contributed by atoms with van der Waals surface area (Å²) in [7, 11) is 0. The van der Waals surface area contributed by atoms with Gasteiger partial charge in [-0.25, -0.2) is 4.79 Å². The number of ether oxygens (including phenoxy) is 2. The molecule has 4 heteroatoms. The quantitative estimate of drug-likeness (QED) is 0.456. The van der Waals surface area contributed by atoms with Crippen molar-refractivity contribution in [3.05, 3.63) is 19.6 Å². The van der Waals surface area contributed by atoms with Crippen molar-refractivity contribution in [1.29, 1.82) is 0 Å². The average Bonchev–Trinajstić information content (AvgIpc) is 1.98. The molecule has 0 aromatic carbocycles. The van der Waals surface area contributed by atoms with Gasteiger partial charge < -0.3 is 9.47 Å². The van der Waals surface area contributed by atoms with E-state index in [4.69, 9.17) is 0 Å². The van der Waals surface area contributed by atoms with E-state index in [1.54, 1.807) is 0 Å². The van der Waals surface area contributed by atoms with E-state index in [-0.39, 0.29) is 6.61 Å². The Morgan fingerprint density at radius 1 is 1.58 bits per heavy atom. The molecule has 1 atom stereocenters. The topological polar surface area (TPSA) is 52.6 Å². The number of rotatable bonds is 4. The van der Waals surface area contributed by atoms with Crippen LogP contribution in [0.15, 0.2) is 12.7 Å². The fourth-order valence-electron chi connectivity index (χ4n) is 0.504. The van der Waals surface area contributed by atoms with Gasteiger partial charge >= 0.3 is 11.9 Å². The van der Waals surface area contributed by atoms with Crippen molar-refractivity contribution >= 4 is 11.9 Å². The van der Waals surface area contributed by atoms with E-state index in [0.29, 0.717) is 0 Å². The van der Waals surface area contributed by atoms with Crippen molar-refractivity contribution in [2.75, 3.05) is 6.61 Å². The molecule has 0 spiro atoms. The maximum absolute atomic E-state index is 10.9. The van der Waals surface area contributed by atoms with Crippen molar-refractivity contribution in [3.8, 4) is 0 Å². The summed E-state index contributed by atoms with van der Waals surface area (Å²) in [4.78, 5) is 21.1. The summed E-state index contributed by atoms with van der Waals surface area (Å²) in [5, 5.41) is 0. The number of esters is 2. The van der Waals surface area contributed by atoms with Crippen LogP contribution in [0.5, 0.6) is 0 Å². The Bertz CT molecular complexity index is 185. The molecule has 0 rings (SSSR count). The van der Waals surface area contributed by atoms with Crippen LogP contribution in [-0.2, 0) is 19.1 Å². The summed E-state index contributed by atoms with van der Waals surface area (Å²) in [6, 6.07) is 0. The van der Waals surface area contributed by atoms with Gasteiger partial charge in [0, 0.05) is 0 Å². The fourth-order valence-corrected chi connectivity index (χ4v) is 0.504. The molecule has 4 nitrogen and oxygen atoms in total. The zero-order valence-corrected chi connectivity index (χ0v) is 6.91. The van der Waals surface area contributed by atoms with Gasteiger partial charge in [0.2, 0.25) is 0 Å². The van der Waals surface area contributed by atoms with Crippen LogP contribution in [0.2, 0.25) is 0 Å². The van der Waals surface area contributed by atoms with Crippen molar-refractivity contribution in [3.63, 3.8) is 0 Å². The van der Waals surface area contributed by atoms with Gasteiger partial charge in [0.05, 0.1) is 6.92 Å². The lowest BCUT2D eigenvalue weighted by Crippen LogP contribution is -2.25. The van der Waals surface area contributed by atoms with E-state index in [2.05, 4.69) is 23.0 Å². The lowest BCUT2D eigenvalue weighted by molar-refractivity contribution is -0.163. The first-order valence-corrected chi connectivity index (χ1v) is 3.38. The monoisotopic (exact) mass is 171 g/mol. The van der Waals surface area contributed by atoms with Crippen molar-refractivity contribution in [2.45, 2.75) is 13.0 Å². The maximum Gasteiger partial charge on any atom is 0.347 e. The first-order valence-electron chi connectivity index (χ1n) is 3.38. The molecule has 0 aromatic rings. The Balaban J connectivity index is 3.76. The molecule has 67 valence electrons. The Labute approximate surface area is 71.2 Å². The zero-order valence-electron chi connectivity index (χ0n) is 6.91. The third-order valence-electron chi connectivity index (χ3n) is 0.984. The summed E-state index contributed by atoms with van der Waals surface area (Å²) in [5.41, 5.74) is 0. The molecule has 12 heavy (non-hydrogen) atoms. The molecule has 0 amide bonds. The highest BCUT2D eigenvalue weighted by Crippen LogP contribution is 1.94. The SMILES string of the molecule is [CH2]C(=O)OC(C)C(=O)OCC=C. The van der Waals surface area contributed by atoms with E-state index < -0.39 is 18.0 Å². The summed E-state index contributed by atoms with van der Waals surface area (Å²) in [6.45, 7) is 7.83. The van der Waals surface area contributed by atoms with Gasteiger partial charge in [0.1, 0.15) is 6.61 Å². The van der Waals surface area contributed by atoms with Gasteiger partial charge in [0.25, 0.3) is 0 Å². The molecule has 1 unspecified atom stereocenters. The van der Waals surface area contributed by atoms with Crippen LogP contribution >= 0.6 is 0 Å². The maximum atomic E-state index is 10.9. The van der Waals surface area contributed by atoms with Crippen LogP contribution < -0.4 is 0 Å². The highest BCUT2D eigenvalue weighted by Gasteiger charge is 2.16. The Kier molecular flexibility index (Phi) is 4.76. The molecule has 0 aliphatic rings. The van der Waals surface area contributed by atoms with E-state index in [1.165, 1.54) is 13.0 Å². The zero-order chi connectivity index (χ0) is 9.56. The molecular formula is C8H11O4. The Hall–Kier alpha value is -1.32. The minimum Gasteiger partial charge on any atom is -0.459 e. The smallest absolute Gasteiger partial charge is 0.347 e. The molecule has 0 bridgehead atoms. The molecule has 0 fully saturated rings. The second-order valence-electron chi connectivity index (χ2n) is 2.05. The molecular weight excluding hydrogens is 160 g/mol. The van der Waals surface area contributed by atoms with Crippen LogP contribution in [0.1, 0.15) is 6.92 Å². The van der Waals surface area contributed by atoms with Gasteiger partial charge in [-0.15, -0.1) is 0 Å². The molecule has 0 heterocycles. The van der Waals surface area contributed by atoms with Crippen LogP contribution in [0, 0.1) is 6.92 Å². The minimum atomic E-state index is -0.907. The lowest BCUT2D eigenvalue weighted by Gasteiger charge is -2.09. The Morgan fingerprint density at radius 3 is 2.58 bits per heavy atom. The molecule has 0 aliphatic carbocycles. The highest BCUT2D eigenvalue weighted by molar-refractivity contribution is 5.80. The molecule has 1 radical (unpaired) electrons. The first kappa shape index (κ1) is 10.7. The molecule has 0 aliphatic heterocycles. The van der Waals surface area contributed by atoms with Gasteiger partial charge in [0.15, 0.2) is 6.10 Å². The third kappa shape index (κ3) is 4.49. The molecule has 0 N–H and O–H groups in total. The summed E-state index contributed by atoms with van der Waals surface area (Å²) in [5.74, 6) is -1.36. The Morgan fingerprint density at radius 2 is 2.17 bits per heavy atom. The first-order chi connectivity index (χ1) is 5.57. The van der Waals surface area contributed by atoms with Gasteiger partial charge in [-0.05, 0) is 6.92 Å². The van der Waals surface area contributed by atoms with Crippen molar-refractivity contribution in [2.24, 2.45) is 0 Å². The van der Waals surface area contributed by atoms with Crippen LogP contribution in [0.4, 0.5) is 0 Å². The largest absolute Gasteiger partial charge is 0.459 e. The van der Waals surface area contributed by atoms with E-state index in [9.17, 15) is 9.59 Å². The van der Waals surface area contributed by atoms with Crippen LogP contribution in [-0.4, -0.2) is 24.6 Å². The van der Waals surface area contributed by atoms with E-state index in [0.717, 1.165) is 0 Å². The predicted octanol–water partition coefficient (Wildman–Crippen LogP) is 0.481. The van der Waals surface area contributed by atoms with Crippen molar-refractivity contribution < 1.29 is 19.1 Å². The standard InChI is InChI=1S/C8H11O4/c1-4-5-11-8(10)6(2)12-7(3)9/h4,6H,1,3,5H2,2H3. The minimum absolute atomic E-state index is 0.109.